The molecular weight excluding hydrogens is 265 g/mol. The highest BCUT2D eigenvalue weighted by atomic mass is 19.1. The van der Waals surface area contributed by atoms with Gasteiger partial charge in [0.2, 0.25) is 0 Å². The predicted molar refractivity (Wildman–Crippen MR) is 84.4 cm³/mol. The van der Waals surface area contributed by atoms with Gasteiger partial charge in [-0.05, 0) is 43.7 Å². The van der Waals surface area contributed by atoms with E-state index in [4.69, 9.17) is 0 Å². The lowest BCUT2D eigenvalue weighted by Crippen LogP contribution is -2.25. The minimum Gasteiger partial charge on any atom is -0.371 e. The van der Waals surface area contributed by atoms with Crippen molar-refractivity contribution in [2.75, 3.05) is 18.0 Å². The number of aryl methyl sites for hydroxylation is 1. The van der Waals surface area contributed by atoms with Gasteiger partial charge in [-0.3, -0.25) is 4.79 Å². The van der Waals surface area contributed by atoms with Crippen molar-refractivity contribution in [2.24, 2.45) is 0 Å². The van der Waals surface area contributed by atoms with Gasteiger partial charge in [0.1, 0.15) is 5.82 Å². The molecule has 21 heavy (non-hydrogen) atoms. The molecule has 0 spiro atoms. The highest BCUT2D eigenvalue weighted by Gasteiger charge is 2.11. The van der Waals surface area contributed by atoms with Crippen LogP contribution in [0.15, 0.2) is 48.5 Å². The first-order chi connectivity index (χ1) is 10.1. The van der Waals surface area contributed by atoms with Gasteiger partial charge in [0, 0.05) is 30.8 Å². The molecule has 0 N–H and O–H groups in total. The van der Waals surface area contributed by atoms with Crippen molar-refractivity contribution in [2.45, 2.75) is 20.3 Å². The SMILES string of the molecule is CCN(CCC(=O)c1ccccc1C)c1ccc(F)cc1. The molecule has 0 aliphatic heterocycles. The molecule has 0 saturated carbocycles. The van der Waals surface area contributed by atoms with E-state index in [1.165, 1.54) is 12.1 Å². The Morgan fingerprint density at radius 3 is 2.38 bits per heavy atom. The second-order valence-electron chi connectivity index (χ2n) is 5.04. The summed E-state index contributed by atoms with van der Waals surface area (Å²) in [4.78, 5) is 14.4. The average Bonchev–Trinajstić information content (AvgIpc) is 2.49. The van der Waals surface area contributed by atoms with Crippen molar-refractivity contribution < 1.29 is 9.18 Å². The Kier molecular flexibility index (Phi) is 5.09. The van der Waals surface area contributed by atoms with Crippen LogP contribution in [-0.4, -0.2) is 18.9 Å². The summed E-state index contributed by atoms with van der Waals surface area (Å²) in [5.74, 6) is -0.0977. The third-order valence-corrected chi connectivity index (χ3v) is 3.63. The summed E-state index contributed by atoms with van der Waals surface area (Å²) < 4.78 is 13.0. The standard InChI is InChI=1S/C18H20FNO/c1-3-20(16-10-8-15(19)9-11-16)13-12-18(21)17-7-5-4-6-14(17)2/h4-11H,3,12-13H2,1-2H3. The van der Waals surface area contributed by atoms with Crippen molar-refractivity contribution in [1.82, 2.24) is 0 Å². The summed E-state index contributed by atoms with van der Waals surface area (Å²) in [7, 11) is 0. The number of benzene rings is 2. The zero-order valence-electron chi connectivity index (χ0n) is 12.5. The van der Waals surface area contributed by atoms with Gasteiger partial charge in [0.05, 0.1) is 0 Å². The fourth-order valence-corrected chi connectivity index (χ4v) is 2.38. The fourth-order valence-electron chi connectivity index (χ4n) is 2.38. The van der Waals surface area contributed by atoms with Crippen LogP contribution in [0.5, 0.6) is 0 Å². The van der Waals surface area contributed by atoms with E-state index in [-0.39, 0.29) is 11.6 Å². The number of hydrogen-bond acceptors (Lipinski definition) is 2. The predicted octanol–water partition coefficient (Wildman–Crippen LogP) is 4.23. The van der Waals surface area contributed by atoms with Gasteiger partial charge >= 0.3 is 0 Å². The average molecular weight is 285 g/mol. The smallest absolute Gasteiger partial charge is 0.164 e. The lowest BCUT2D eigenvalue weighted by molar-refractivity contribution is 0.0984. The van der Waals surface area contributed by atoms with Gasteiger partial charge in [0.25, 0.3) is 0 Å². The number of ketones is 1. The number of hydrogen-bond donors (Lipinski definition) is 0. The van der Waals surface area contributed by atoms with Crippen LogP contribution in [0.2, 0.25) is 0 Å². The van der Waals surface area contributed by atoms with Gasteiger partial charge in [-0.2, -0.15) is 0 Å². The van der Waals surface area contributed by atoms with Crippen LogP contribution >= 0.6 is 0 Å². The maximum Gasteiger partial charge on any atom is 0.164 e. The molecule has 0 aliphatic carbocycles. The second kappa shape index (κ2) is 7.02. The highest BCUT2D eigenvalue weighted by molar-refractivity contribution is 5.97. The van der Waals surface area contributed by atoms with Crippen LogP contribution in [0.25, 0.3) is 0 Å². The van der Waals surface area contributed by atoms with E-state index in [0.717, 1.165) is 23.4 Å². The normalized spacial score (nSPS) is 10.4. The van der Waals surface area contributed by atoms with E-state index in [2.05, 4.69) is 4.90 Å². The molecule has 0 aromatic heterocycles. The monoisotopic (exact) mass is 285 g/mol. The quantitative estimate of drug-likeness (QED) is 0.740. The minimum absolute atomic E-state index is 0.147. The molecule has 3 heteroatoms. The van der Waals surface area contributed by atoms with E-state index in [1.807, 2.05) is 38.1 Å². The number of carbonyl (C=O) groups is 1. The summed E-state index contributed by atoms with van der Waals surface area (Å²) in [6.07, 6.45) is 0.454. The molecule has 0 radical (unpaired) electrons. The molecule has 110 valence electrons. The van der Waals surface area contributed by atoms with Crippen molar-refractivity contribution in [1.29, 1.82) is 0 Å². The first-order valence-corrected chi connectivity index (χ1v) is 7.21. The van der Waals surface area contributed by atoms with Crippen molar-refractivity contribution in [3.8, 4) is 0 Å². The molecule has 2 aromatic carbocycles. The molecule has 0 amide bonds. The van der Waals surface area contributed by atoms with E-state index in [9.17, 15) is 9.18 Å². The molecule has 2 nitrogen and oxygen atoms in total. The largest absolute Gasteiger partial charge is 0.371 e. The van der Waals surface area contributed by atoms with Crippen LogP contribution in [0.3, 0.4) is 0 Å². The van der Waals surface area contributed by atoms with Crippen molar-refractivity contribution in [3.05, 3.63) is 65.5 Å². The van der Waals surface area contributed by atoms with Gasteiger partial charge < -0.3 is 4.90 Å². The number of Topliss-reactive ketones (excluding diaryl/α,β-unsaturated/α-hetero) is 1. The Morgan fingerprint density at radius 1 is 1.10 bits per heavy atom. The first kappa shape index (κ1) is 15.2. The lowest BCUT2D eigenvalue weighted by atomic mass is 10.0. The number of anilines is 1. The third kappa shape index (κ3) is 3.91. The summed E-state index contributed by atoms with van der Waals surface area (Å²) >= 11 is 0. The molecule has 0 unspecified atom stereocenters. The van der Waals surface area contributed by atoms with E-state index < -0.39 is 0 Å². The molecule has 0 fully saturated rings. The summed E-state index contributed by atoms with van der Waals surface area (Å²) in [6, 6.07) is 14.0. The lowest BCUT2D eigenvalue weighted by Gasteiger charge is -2.22. The topological polar surface area (TPSA) is 20.3 Å². The van der Waals surface area contributed by atoms with Crippen LogP contribution < -0.4 is 4.90 Å². The Bertz CT molecular complexity index is 607. The Morgan fingerprint density at radius 2 is 1.76 bits per heavy atom. The van der Waals surface area contributed by atoms with Crippen molar-refractivity contribution >= 4 is 11.5 Å². The maximum absolute atomic E-state index is 13.0. The van der Waals surface area contributed by atoms with Crippen LogP contribution in [0, 0.1) is 12.7 Å². The zero-order chi connectivity index (χ0) is 15.2. The zero-order valence-corrected chi connectivity index (χ0v) is 12.5. The van der Waals surface area contributed by atoms with Crippen LogP contribution in [0.4, 0.5) is 10.1 Å². The number of rotatable bonds is 6. The molecule has 0 heterocycles. The summed E-state index contributed by atoms with van der Waals surface area (Å²) in [5, 5.41) is 0. The van der Waals surface area contributed by atoms with Crippen LogP contribution in [0.1, 0.15) is 29.3 Å². The summed E-state index contributed by atoms with van der Waals surface area (Å²) in [6.45, 7) is 5.40. The van der Waals surface area contributed by atoms with E-state index >= 15 is 0 Å². The van der Waals surface area contributed by atoms with Gasteiger partial charge in [-0.15, -0.1) is 0 Å². The Balaban J connectivity index is 2.02. The fraction of sp³-hybridized carbons (Fsp3) is 0.278. The Hall–Kier alpha value is -2.16. The second-order valence-corrected chi connectivity index (χ2v) is 5.04. The van der Waals surface area contributed by atoms with Gasteiger partial charge in [-0.25, -0.2) is 4.39 Å². The molecule has 2 rings (SSSR count). The maximum atomic E-state index is 13.0. The molecule has 0 aliphatic rings. The number of nitrogens with zero attached hydrogens (tertiary/aromatic N) is 1. The molecule has 0 saturated heterocycles. The molecule has 0 bridgehead atoms. The minimum atomic E-state index is -0.245. The first-order valence-electron chi connectivity index (χ1n) is 7.21. The van der Waals surface area contributed by atoms with Gasteiger partial charge in [-0.1, -0.05) is 24.3 Å². The number of carbonyl (C=O) groups excluding carboxylic acids is 1. The van der Waals surface area contributed by atoms with Crippen LogP contribution in [-0.2, 0) is 0 Å². The Labute approximate surface area is 125 Å². The van der Waals surface area contributed by atoms with Crippen molar-refractivity contribution in [3.63, 3.8) is 0 Å². The summed E-state index contributed by atoms with van der Waals surface area (Å²) in [5.41, 5.74) is 2.73. The van der Waals surface area contributed by atoms with E-state index in [1.54, 1.807) is 12.1 Å². The molecule has 0 atom stereocenters. The molecule has 2 aromatic rings. The highest BCUT2D eigenvalue weighted by Crippen LogP contribution is 2.16. The number of halogens is 1. The molecular formula is C18H20FNO. The van der Waals surface area contributed by atoms with E-state index in [0.29, 0.717) is 13.0 Å². The van der Waals surface area contributed by atoms with Gasteiger partial charge in [0.15, 0.2) is 5.78 Å². The third-order valence-electron chi connectivity index (χ3n) is 3.63.